The van der Waals surface area contributed by atoms with E-state index in [4.69, 9.17) is 5.11 Å². The van der Waals surface area contributed by atoms with Crippen LogP contribution in [0.25, 0.3) is 0 Å². The van der Waals surface area contributed by atoms with E-state index >= 15 is 0 Å². The van der Waals surface area contributed by atoms with Gasteiger partial charge in [0.05, 0.1) is 10.8 Å². The molecule has 5 nitrogen and oxygen atoms in total. The lowest BCUT2D eigenvalue weighted by molar-refractivity contribution is -0.141. The molecule has 0 amide bonds. The molecule has 1 aromatic carbocycles. The molecule has 1 aromatic rings. The van der Waals surface area contributed by atoms with Gasteiger partial charge in [-0.2, -0.15) is 0 Å². The Morgan fingerprint density at radius 3 is 2.47 bits per heavy atom. The summed E-state index contributed by atoms with van der Waals surface area (Å²) in [7, 11) is -3.73. The minimum absolute atomic E-state index is 0.145. The van der Waals surface area contributed by atoms with Crippen LogP contribution < -0.4 is 4.72 Å². The van der Waals surface area contributed by atoms with Crippen LogP contribution in [-0.2, 0) is 14.8 Å². The highest BCUT2D eigenvalue weighted by Gasteiger charge is 2.26. The number of sulfonamides is 1. The maximum atomic E-state index is 12.2. The van der Waals surface area contributed by atoms with Crippen molar-refractivity contribution >= 4 is 31.9 Å². The van der Waals surface area contributed by atoms with Crippen LogP contribution >= 0.6 is 15.9 Å². The van der Waals surface area contributed by atoms with Gasteiger partial charge >= 0.3 is 5.97 Å². The average molecular weight is 350 g/mol. The summed E-state index contributed by atoms with van der Waals surface area (Å²) in [5.41, 5.74) is 0.603. The Bertz CT molecular complexity index is 585. The summed E-state index contributed by atoms with van der Waals surface area (Å²) in [4.78, 5) is 11.0. The van der Waals surface area contributed by atoms with Crippen molar-refractivity contribution in [1.29, 1.82) is 0 Å². The second-order valence-electron chi connectivity index (χ2n) is 4.45. The number of nitrogens with one attached hydrogen (secondary N) is 1. The molecular formula is C12H16BrNO4S. The second-order valence-corrected chi connectivity index (χ2v) is 7.04. The number of hydrogen-bond donors (Lipinski definition) is 2. The average Bonchev–Trinajstić information content (AvgIpc) is 2.30. The van der Waals surface area contributed by atoms with E-state index in [9.17, 15) is 13.2 Å². The van der Waals surface area contributed by atoms with Gasteiger partial charge in [-0.25, -0.2) is 13.1 Å². The van der Waals surface area contributed by atoms with Crippen LogP contribution in [0.3, 0.4) is 0 Å². The quantitative estimate of drug-likeness (QED) is 0.852. The standard InChI is InChI=1S/C12H16BrNO4S/c1-7-4-5-10(13)6-11(7)19(17,18)14-9(3)8(2)12(15)16/h4-6,8-9,14H,1-3H3,(H,15,16). The highest BCUT2D eigenvalue weighted by atomic mass is 79.9. The summed E-state index contributed by atoms with van der Waals surface area (Å²) in [6.45, 7) is 4.68. The smallest absolute Gasteiger partial charge is 0.307 e. The minimum atomic E-state index is -3.73. The number of aliphatic carboxylic acids is 1. The predicted molar refractivity (Wildman–Crippen MR) is 75.5 cm³/mol. The zero-order valence-corrected chi connectivity index (χ0v) is 13.2. The Hall–Kier alpha value is -0.920. The molecule has 0 radical (unpaired) electrons. The highest BCUT2D eigenvalue weighted by molar-refractivity contribution is 9.10. The Balaban J connectivity index is 3.05. The largest absolute Gasteiger partial charge is 0.481 e. The molecule has 0 heterocycles. The molecule has 0 saturated heterocycles. The summed E-state index contributed by atoms with van der Waals surface area (Å²) in [5, 5.41) is 8.88. The number of hydrogen-bond acceptors (Lipinski definition) is 3. The first-order chi connectivity index (χ1) is 8.65. The summed E-state index contributed by atoms with van der Waals surface area (Å²) >= 11 is 3.22. The number of rotatable bonds is 5. The zero-order chi connectivity index (χ0) is 14.8. The van der Waals surface area contributed by atoms with E-state index in [0.29, 0.717) is 10.0 Å². The van der Waals surface area contributed by atoms with Crippen LogP contribution in [0, 0.1) is 12.8 Å². The molecule has 0 saturated carbocycles. The van der Waals surface area contributed by atoms with E-state index in [-0.39, 0.29) is 4.90 Å². The molecule has 0 spiro atoms. The number of carbonyl (C=O) groups is 1. The Morgan fingerprint density at radius 2 is 1.95 bits per heavy atom. The first-order valence-electron chi connectivity index (χ1n) is 5.66. The van der Waals surface area contributed by atoms with Crippen molar-refractivity contribution in [3.8, 4) is 0 Å². The number of carboxylic acids is 1. The van der Waals surface area contributed by atoms with E-state index < -0.39 is 28.0 Å². The van der Waals surface area contributed by atoms with E-state index in [1.165, 1.54) is 19.9 Å². The number of carboxylic acid groups (broad SMARTS) is 1. The summed E-state index contributed by atoms with van der Waals surface area (Å²) in [6, 6.07) is 4.23. The van der Waals surface area contributed by atoms with Crippen molar-refractivity contribution in [3.05, 3.63) is 28.2 Å². The molecule has 2 unspecified atom stereocenters. The fraction of sp³-hybridized carbons (Fsp3) is 0.417. The third-order valence-electron chi connectivity index (χ3n) is 2.92. The summed E-state index contributed by atoms with van der Waals surface area (Å²) in [6.07, 6.45) is 0. The highest BCUT2D eigenvalue weighted by Crippen LogP contribution is 2.21. The third kappa shape index (κ3) is 4.02. The van der Waals surface area contributed by atoms with Crippen LogP contribution in [0.2, 0.25) is 0 Å². The molecule has 0 aromatic heterocycles. The van der Waals surface area contributed by atoms with Gasteiger partial charge in [0.2, 0.25) is 10.0 Å². The van der Waals surface area contributed by atoms with Gasteiger partial charge in [0.1, 0.15) is 0 Å². The molecule has 0 fully saturated rings. The number of benzene rings is 1. The van der Waals surface area contributed by atoms with Crippen LogP contribution in [0.5, 0.6) is 0 Å². The predicted octanol–water partition coefficient (Wildman–Crippen LogP) is 2.15. The number of halogens is 1. The summed E-state index contributed by atoms with van der Waals surface area (Å²) < 4.78 is 27.5. The van der Waals surface area contributed by atoms with Gasteiger partial charge in [-0.05, 0) is 31.5 Å². The number of aryl methyl sites for hydroxylation is 1. The molecule has 106 valence electrons. The SMILES string of the molecule is Cc1ccc(Br)cc1S(=O)(=O)NC(C)C(C)C(=O)O. The zero-order valence-electron chi connectivity index (χ0n) is 10.8. The van der Waals surface area contributed by atoms with Gasteiger partial charge in [-0.3, -0.25) is 4.79 Å². The lowest BCUT2D eigenvalue weighted by Crippen LogP contribution is -2.40. The molecule has 0 aliphatic rings. The molecule has 0 aliphatic heterocycles. The topological polar surface area (TPSA) is 83.5 Å². The molecule has 1 rings (SSSR count). The molecule has 0 bridgehead atoms. The third-order valence-corrected chi connectivity index (χ3v) is 5.11. The minimum Gasteiger partial charge on any atom is -0.481 e. The molecule has 0 aliphatic carbocycles. The van der Waals surface area contributed by atoms with E-state index in [1.54, 1.807) is 19.1 Å². The maximum Gasteiger partial charge on any atom is 0.307 e. The van der Waals surface area contributed by atoms with Gasteiger partial charge in [-0.1, -0.05) is 28.9 Å². The van der Waals surface area contributed by atoms with Gasteiger partial charge in [-0.15, -0.1) is 0 Å². The lowest BCUT2D eigenvalue weighted by Gasteiger charge is -2.18. The second kappa shape index (κ2) is 6.02. The molecule has 2 atom stereocenters. The normalized spacial score (nSPS) is 14.9. The van der Waals surface area contributed by atoms with Gasteiger partial charge in [0.25, 0.3) is 0 Å². The van der Waals surface area contributed by atoms with Crippen LogP contribution in [-0.4, -0.2) is 25.5 Å². The van der Waals surface area contributed by atoms with Gasteiger partial charge in [0, 0.05) is 10.5 Å². The van der Waals surface area contributed by atoms with Crippen molar-refractivity contribution in [1.82, 2.24) is 4.72 Å². The maximum absolute atomic E-state index is 12.2. The van der Waals surface area contributed by atoms with Gasteiger partial charge < -0.3 is 5.11 Å². The molecule has 7 heteroatoms. The van der Waals surface area contributed by atoms with Crippen LogP contribution in [0.1, 0.15) is 19.4 Å². The first kappa shape index (κ1) is 16.1. The van der Waals surface area contributed by atoms with Crippen LogP contribution in [0.4, 0.5) is 0 Å². The summed E-state index contributed by atoms with van der Waals surface area (Å²) in [5.74, 6) is -1.84. The molecular weight excluding hydrogens is 334 g/mol. The Kier molecular flexibility index (Phi) is 5.11. The first-order valence-corrected chi connectivity index (χ1v) is 7.94. The Morgan fingerprint density at radius 1 is 1.37 bits per heavy atom. The van der Waals surface area contributed by atoms with E-state index in [2.05, 4.69) is 20.7 Å². The molecule has 2 N–H and O–H groups in total. The van der Waals surface area contributed by atoms with Crippen molar-refractivity contribution < 1.29 is 18.3 Å². The lowest BCUT2D eigenvalue weighted by atomic mass is 10.1. The fourth-order valence-electron chi connectivity index (χ4n) is 1.49. The van der Waals surface area contributed by atoms with E-state index in [0.717, 1.165) is 0 Å². The van der Waals surface area contributed by atoms with Crippen molar-refractivity contribution in [3.63, 3.8) is 0 Å². The monoisotopic (exact) mass is 349 g/mol. The van der Waals surface area contributed by atoms with E-state index in [1.807, 2.05) is 0 Å². The fourth-order valence-corrected chi connectivity index (χ4v) is 3.59. The Labute approximate surface area is 121 Å². The van der Waals surface area contributed by atoms with Crippen molar-refractivity contribution in [2.24, 2.45) is 5.92 Å². The molecule has 19 heavy (non-hydrogen) atoms. The van der Waals surface area contributed by atoms with Crippen LogP contribution in [0.15, 0.2) is 27.6 Å². The van der Waals surface area contributed by atoms with Crippen molar-refractivity contribution in [2.45, 2.75) is 31.7 Å². The van der Waals surface area contributed by atoms with Gasteiger partial charge in [0.15, 0.2) is 0 Å². The van der Waals surface area contributed by atoms with Crippen molar-refractivity contribution in [2.75, 3.05) is 0 Å².